The van der Waals surface area contributed by atoms with Crippen LogP contribution < -0.4 is 29.6 Å². The minimum Gasteiger partial charge on any atom is -0.746 e. The van der Waals surface area contributed by atoms with Crippen molar-refractivity contribution in [3.05, 3.63) is 0 Å². The third-order valence-electron chi connectivity index (χ3n) is 4.41. The summed E-state index contributed by atoms with van der Waals surface area (Å²) in [5, 5.41) is 0. The van der Waals surface area contributed by atoms with Gasteiger partial charge in [0.05, 0.1) is 0 Å². The van der Waals surface area contributed by atoms with Crippen LogP contribution in [0.25, 0.3) is 0 Å². The summed E-state index contributed by atoms with van der Waals surface area (Å²) in [7, 11) is -7.69. The zero-order valence-corrected chi connectivity index (χ0v) is 20.3. The molecular weight excluding hydrogens is 684 g/mol. The Labute approximate surface area is 225 Å². The van der Waals surface area contributed by atoms with E-state index in [4.69, 9.17) is 0 Å². The van der Waals surface area contributed by atoms with Gasteiger partial charge in [-0.05, 0) is 0 Å². The first-order valence-electron chi connectivity index (χ1n) is 8.00. The molecule has 0 spiro atoms. The number of halogens is 23. The molecule has 0 heterocycles. The van der Waals surface area contributed by atoms with Crippen molar-refractivity contribution < 1.29 is 144 Å². The van der Waals surface area contributed by atoms with Gasteiger partial charge in [-0.2, -0.15) is 87.8 Å². The predicted octanol–water partition coefficient (Wildman–Crippen LogP) is 3.45. The summed E-state index contributed by atoms with van der Waals surface area (Å²) in [6.07, 6.45) is -6.28. The van der Waals surface area contributed by atoms with Gasteiger partial charge in [-0.15, -0.1) is 0 Å². The second-order valence-electron chi connectivity index (χ2n) is 6.95. The van der Waals surface area contributed by atoms with Crippen molar-refractivity contribution in [3.8, 4) is 0 Å². The molecule has 236 valence electrons. The largest absolute Gasteiger partial charge is 1.00 e. The molecule has 0 aliphatic rings. The van der Waals surface area contributed by atoms with Crippen molar-refractivity contribution in [1.82, 2.24) is 0 Å². The fourth-order valence-electron chi connectivity index (χ4n) is 2.06. The molecule has 0 fully saturated rings. The molecule has 0 N–H and O–H groups in total. The molecule has 0 bridgehead atoms. The molecule has 0 aromatic heterocycles. The Morgan fingerprint density at radius 3 is 0.750 bits per heavy atom. The Hall–Kier alpha value is -0.700. The summed E-state index contributed by atoms with van der Waals surface area (Å²) in [6, 6.07) is 0. The van der Waals surface area contributed by atoms with Crippen molar-refractivity contribution in [1.29, 1.82) is 0 Å². The fraction of sp³-hybridized carbons (Fsp3) is 1.00. The number of alkyl halides is 23. The molecule has 0 aromatic carbocycles. The molecule has 0 amide bonds. The second kappa shape index (κ2) is 10.5. The third-order valence-corrected chi connectivity index (χ3v) is 5.21. The normalized spacial score (nSPS) is 17.1. The summed E-state index contributed by atoms with van der Waals surface area (Å²) >= 11 is 0. The summed E-state index contributed by atoms with van der Waals surface area (Å²) in [5.41, 5.74) is -6.35. The minimum absolute atomic E-state index is 0. The molecule has 3 nitrogen and oxygen atoms in total. The van der Waals surface area contributed by atoms with Crippen molar-refractivity contribution in [2.24, 2.45) is 0 Å². The zero-order chi connectivity index (χ0) is 32.7. The van der Waals surface area contributed by atoms with E-state index >= 15 is 0 Å². The number of rotatable bonds is 12. The summed E-state index contributed by atoms with van der Waals surface area (Å²) in [5.74, 6) is -90.0. The Bertz CT molecular complexity index is 1020. The quantitative estimate of drug-likeness (QED) is 0.180. The van der Waals surface area contributed by atoms with Gasteiger partial charge in [0, 0.05) is 0 Å². The third kappa shape index (κ3) is 5.09. The molecule has 1 atom stereocenters. The van der Waals surface area contributed by atoms with Gasteiger partial charge >= 0.3 is 95.2 Å². The Balaban J connectivity index is 0. The van der Waals surface area contributed by atoms with Gasteiger partial charge in [0.15, 0.2) is 0 Å². The van der Waals surface area contributed by atoms with E-state index in [9.17, 15) is 114 Å². The van der Waals surface area contributed by atoms with Crippen molar-refractivity contribution in [3.63, 3.8) is 0 Å². The van der Waals surface area contributed by atoms with Crippen LogP contribution in [0.1, 0.15) is 0 Å². The minimum atomic E-state index is -9.53. The second-order valence-corrected chi connectivity index (χ2v) is 8.35. The van der Waals surface area contributed by atoms with E-state index in [2.05, 4.69) is 0 Å². The topological polar surface area (TPSA) is 57.2 Å². The van der Waals surface area contributed by atoms with Crippen LogP contribution in [-0.4, -0.2) is 84.1 Å². The van der Waals surface area contributed by atoms with Crippen molar-refractivity contribution in [2.45, 2.75) is 71.2 Å². The zero-order valence-electron chi connectivity index (χ0n) is 17.5. The first-order valence-corrected chi connectivity index (χ1v) is 9.47. The van der Waals surface area contributed by atoms with E-state index in [-0.39, 0.29) is 29.6 Å². The van der Waals surface area contributed by atoms with Crippen LogP contribution in [0, 0.1) is 0 Å². The molecule has 40 heavy (non-hydrogen) atoms. The van der Waals surface area contributed by atoms with Crippen LogP contribution in [-0.2, 0) is 10.1 Å². The molecule has 0 rings (SSSR count). The van der Waals surface area contributed by atoms with Crippen LogP contribution in [0.4, 0.5) is 101 Å². The van der Waals surface area contributed by atoms with Crippen LogP contribution in [0.3, 0.4) is 0 Å². The summed E-state index contributed by atoms with van der Waals surface area (Å²) < 4.78 is 331. The van der Waals surface area contributed by atoms with Crippen molar-refractivity contribution in [2.75, 3.05) is 0 Å². The van der Waals surface area contributed by atoms with E-state index in [0.29, 0.717) is 0 Å². The smallest absolute Gasteiger partial charge is 0.746 e. The summed E-state index contributed by atoms with van der Waals surface area (Å²) in [4.78, 5) is 0. The molecule has 0 aliphatic carbocycles. The van der Waals surface area contributed by atoms with Gasteiger partial charge in [0.1, 0.15) is 10.1 Å². The van der Waals surface area contributed by atoms with E-state index < -0.39 is 81.3 Å². The van der Waals surface area contributed by atoms with E-state index in [1.807, 2.05) is 0 Å². The van der Waals surface area contributed by atoms with E-state index in [1.54, 1.807) is 0 Å². The molecule has 0 aliphatic heterocycles. The van der Waals surface area contributed by atoms with E-state index in [1.165, 1.54) is 0 Å². The predicted molar refractivity (Wildman–Crippen MR) is 70.1 cm³/mol. The Morgan fingerprint density at radius 1 is 0.400 bits per heavy atom. The summed E-state index contributed by atoms with van der Waals surface area (Å²) in [6.45, 7) is 0. The first kappa shape index (κ1) is 41.4. The number of hydrogen-bond donors (Lipinski definition) is 0. The first-order chi connectivity index (χ1) is 16.3. The SMILES string of the molecule is O=S(=O)([O-])C(F)C(F)(F)C(F)(F)C(F)(F)C(F)(F)C(F)(F)C(F)(F)C(F)(F)C(F)(F)C(F)(F)C(F)(F)C(F)F.[Na+]. The standard InChI is InChI=1S/C12H3F23O3S.Na/c13-1(14)3(16,17)5(20,21)7(24,25)9(28,29)11(32,33)12(34,35)10(30,31)8(26,27)6(22,23)4(18,19)2(15)39(36,37)38;/h1-2H,(H,36,37,38);/q;+1/p-1. The maximum atomic E-state index is 13.5. The average molecular weight is 686 g/mol. The maximum Gasteiger partial charge on any atom is 1.00 e. The average Bonchev–Trinajstić information content (AvgIpc) is 2.70. The molecule has 28 heteroatoms. The van der Waals surface area contributed by atoms with Gasteiger partial charge in [-0.3, -0.25) is 0 Å². The number of hydrogen-bond acceptors (Lipinski definition) is 3. The molecule has 0 aromatic rings. The fourth-order valence-corrected chi connectivity index (χ4v) is 2.57. The van der Waals surface area contributed by atoms with Crippen LogP contribution in [0.5, 0.6) is 0 Å². The molecule has 0 saturated heterocycles. The Morgan fingerprint density at radius 2 is 0.575 bits per heavy atom. The maximum absolute atomic E-state index is 13.5. The van der Waals surface area contributed by atoms with Crippen LogP contribution in [0.15, 0.2) is 0 Å². The van der Waals surface area contributed by atoms with Crippen LogP contribution >= 0.6 is 0 Å². The van der Waals surface area contributed by atoms with Gasteiger partial charge < -0.3 is 4.55 Å². The van der Waals surface area contributed by atoms with Gasteiger partial charge in [0.25, 0.3) is 5.50 Å². The van der Waals surface area contributed by atoms with Crippen molar-refractivity contribution >= 4 is 10.1 Å². The molecular formula is C12H2F23NaO3S. The molecule has 1 unspecified atom stereocenters. The van der Waals surface area contributed by atoms with E-state index in [0.717, 1.165) is 0 Å². The molecule has 0 radical (unpaired) electrons. The van der Waals surface area contributed by atoms with Gasteiger partial charge in [-0.25, -0.2) is 21.6 Å². The van der Waals surface area contributed by atoms with Crippen LogP contribution in [0.2, 0.25) is 0 Å². The Kier molecular flexibility index (Phi) is 10.9. The molecule has 0 saturated carbocycles. The monoisotopic (exact) mass is 686 g/mol. The van der Waals surface area contributed by atoms with Gasteiger partial charge in [-0.1, -0.05) is 0 Å². The van der Waals surface area contributed by atoms with Gasteiger partial charge in [0.2, 0.25) is 0 Å².